The van der Waals surface area contributed by atoms with Gasteiger partial charge in [-0.3, -0.25) is 19.3 Å². The molecule has 3 aromatic carbocycles. The van der Waals surface area contributed by atoms with Gasteiger partial charge < -0.3 is 19.5 Å². The lowest BCUT2D eigenvalue weighted by molar-refractivity contribution is -0.127. The van der Waals surface area contributed by atoms with Gasteiger partial charge in [-0.2, -0.15) is 0 Å². The summed E-state index contributed by atoms with van der Waals surface area (Å²) in [6, 6.07) is 15.0. The van der Waals surface area contributed by atoms with Crippen LogP contribution < -0.4 is 19.5 Å². The Kier molecular flexibility index (Phi) is 9.86. The van der Waals surface area contributed by atoms with E-state index in [0.717, 1.165) is 16.7 Å². The summed E-state index contributed by atoms with van der Waals surface area (Å²) in [5.41, 5.74) is 1.73. The number of thioether (sulfide) groups is 1. The molecule has 0 saturated carbocycles. The monoisotopic (exact) mass is 620 g/mol. The summed E-state index contributed by atoms with van der Waals surface area (Å²) in [4.78, 5) is 39.1. The van der Waals surface area contributed by atoms with Gasteiger partial charge in [0.2, 0.25) is 5.91 Å². The number of rotatable bonds is 10. The molecular weight excluding hydrogens is 599 g/mol. The highest BCUT2D eigenvalue weighted by molar-refractivity contribution is 8.18. The van der Waals surface area contributed by atoms with Crippen molar-refractivity contribution < 1.29 is 28.6 Å². The maximum absolute atomic E-state index is 13.0. The number of benzene rings is 3. The molecule has 0 radical (unpaired) electrons. The molecule has 1 N–H and O–H groups in total. The zero-order valence-electron chi connectivity index (χ0n) is 21.3. The van der Waals surface area contributed by atoms with E-state index in [1.54, 1.807) is 54.6 Å². The van der Waals surface area contributed by atoms with E-state index in [2.05, 4.69) is 5.32 Å². The molecule has 0 atom stereocenters. The molecule has 1 saturated heterocycles. The van der Waals surface area contributed by atoms with Crippen molar-refractivity contribution in [2.45, 2.75) is 13.5 Å². The number of hydrogen-bond acceptors (Lipinski definition) is 7. The summed E-state index contributed by atoms with van der Waals surface area (Å²) in [6.45, 7) is 1.83. The van der Waals surface area contributed by atoms with Crippen molar-refractivity contribution in [3.8, 4) is 17.2 Å². The third kappa shape index (κ3) is 7.22. The molecule has 0 spiro atoms. The number of nitrogens with zero attached hydrogens (tertiary/aromatic N) is 1. The third-order valence-corrected chi connectivity index (χ3v) is 7.34. The second kappa shape index (κ2) is 13.3. The maximum Gasteiger partial charge on any atom is 0.294 e. The van der Waals surface area contributed by atoms with E-state index in [9.17, 15) is 14.4 Å². The third-order valence-electron chi connectivity index (χ3n) is 5.57. The largest absolute Gasteiger partial charge is 0.497 e. The zero-order chi connectivity index (χ0) is 28.8. The number of ether oxygens (including phenoxy) is 3. The van der Waals surface area contributed by atoms with Gasteiger partial charge >= 0.3 is 0 Å². The van der Waals surface area contributed by atoms with Crippen molar-refractivity contribution in [3.63, 3.8) is 0 Å². The van der Waals surface area contributed by atoms with Crippen LogP contribution in [0, 0.1) is 0 Å². The molecule has 12 heteroatoms. The Morgan fingerprint density at radius 1 is 1.00 bits per heavy atom. The Morgan fingerprint density at radius 3 is 2.42 bits per heavy atom. The summed E-state index contributed by atoms with van der Waals surface area (Å²) in [5, 5.41) is 3.30. The molecule has 4 rings (SSSR count). The fraction of sp³-hybridized carbons (Fsp3) is 0.179. The fourth-order valence-corrected chi connectivity index (χ4v) is 5.24. The Bertz CT molecular complexity index is 1480. The van der Waals surface area contributed by atoms with E-state index in [1.165, 1.54) is 13.2 Å². The maximum atomic E-state index is 13.0. The normalized spacial score (nSPS) is 14.0. The van der Waals surface area contributed by atoms with Gasteiger partial charge in [0.05, 0.1) is 23.6 Å². The Morgan fingerprint density at radius 2 is 1.75 bits per heavy atom. The Balaban J connectivity index is 1.48. The number of anilines is 1. The number of carbonyl (C=O) groups excluding carboxylic acids is 3. The van der Waals surface area contributed by atoms with Crippen LogP contribution in [0.3, 0.4) is 0 Å². The molecule has 0 aromatic heterocycles. The van der Waals surface area contributed by atoms with Gasteiger partial charge in [-0.25, -0.2) is 0 Å². The standard InChI is InChI=1S/C28H23Cl3N2O6S/c1-3-38-23-11-16(10-22(31)26(23)39-15-17-4-5-18(29)13-21(17)30)12-24-27(35)33(28(36)40-24)14-25(34)32-19-6-8-20(37-2)9-7-19/h4-13H,3,14-15H2,1-2H3,(H,32,34)/b24-12+. The van der Waals surface area contributed by atoms with Gasteiger partial charge in [0, 0.05) is 21.3 Å². The van der Waals surface area contributed by atoms with Crippen LogP contribution in [-0.4, -0.2) is 42.2 Å². The molecule has 40 heavy (non-hydrogen) atoms. The number of carbonyl (C=O) groups is 3. The van der Waals surface area contributed by atoms with Crippen molar-refractivity contribution in [2.24, 2.45) is 0 Å². The first-order valence-corrected chi connectivity index (χ1v) is 13.9. The SMILES string of the molecule is CCOc1cc(/C=C2/SC(=O)N(CC(=O)Nc3ccc(OC)cc3)C2=O)cc(Cl)c1OCc1ccc(Cl)cc1Cl. The van der Waals surface area contributed by atoms with Gasteiger partial charge in [0.15, 0.2) is 11.5 Å². The van der Waals surface area contributed by atoms with Crippen molar-refractivity contribution in [1.29, 1.82) is 0 Å². The molecule has 208 valence electrons. The molecule has 8 nitrogen and oxygen atoms in total. The summed E-state index contributed by atoms with van der Waals surface area (Å²) in [6.07, 6.45) is 1.51. The van der Waals surface area contributed by atoms with E-state index in [0.29, 0.717) is 50.7 Å². The van der Waals surface area contributed by atoms with E-state index in [4.69, 9.17) is 49.0 Å². The van der Waals surface area contributed by atoms with Crippen molar-refractivity contribution in [1.82, 2.24) is 4.90 Å². The Hall–Kier alpha value is -3.37. The number of amides is 3. The van der Waals surface area contributed by atoms with Gasteiger partial charge in [0.25, 0.3) is 11.1 Å². The van der Waals surface area contributed by atoms with Crippen LogP contribution >= 0.6 is 46.6 Å². The van der Waals surface area contributed by atoms with Gasteiger partial charge in [-0.05, 0) is 78.9 Å². The van der Waals surface area contributed by atoms with Crippen LogP contribution in [0.25, 0.3) is 6.08 Å². The average molecular weight is 622 g/mol. The molecule has 1 aliphatic heterocycles. The summed E-state index contributed by atoms with van der Waals surface area (Å²) < 4.78 is 16.7. The lowest BCUT2D eigenvalue weighted by atomic mass is 10.1. The van der Waals surface area contributed by atoms with Crippen LogP contribution in [0.15, 0.2) is 59.5 Å². The molecule has 1 fully saturated rings. The smallest absolute Gasteiger partial charge is 0.294 e. The van der Waals surface area contributed by atoms with E-state index in [1.807, 2.05) is 6.92 Å². The topological polar surface area (TPSA) is 94.2 Å². The lowest BCUT2D eigenvalue weighted by Crippen LogP contribution is -2.36. The predicted octanol–water partition coefficient (Wildman–Crippen LogP) is 7.31. The molecule has 0 unspecified atom stereocenters. The predicted molar refractivity (Wildman–Crippen MR) is 158 cm³/mol. The number of imide groups is 1. The summed E-state index contributed by atoms with van der Waals surface area (Å²) >= 11 is 19.5. The van der Waals surface area contributed by atoms with E-state index < -0.39 is 23.6 Å². The molecule has 0 aliphatic carbocycles. The minimum Gasteiger partial charge on any atom is -0.497 e. The first-order valence-electron chi connectivity index (χ1n) is 11.9. The molecule has 1 aliphatic rings. The molecule has 3 amide bonds. The number of halogens is 3. The van der Waals surface area contributed by atoms with Gasteiger partial charge in [-0.15, -0.1) is 0 Å². The summed E-state index contributed by atoms with van der Waals surface area (Å²) in [5.74, 6) is 0.177. The zero-order valence-corrected chi connectivity index (χ0v) is 24.4. The van der Waals surface area contributed by atoms with E-state index in [-0.39, 0.29) is 16.5 Å². The lowest BCUT2D eigenvalue weighted by Gasteiger charge is -2.15. The minimum atomic E-state index is -0.591. The van der Waals surface area contributed by atoms with E-state index >= 15 is 0 Å². The first-order chi connectivity index (χ1) is 19.2. The highest BCUT2D eigenvalue weighted by atomic mass is 35.5. The molecule has 3 aromatic rings. The molecular formula is C28H23Cl3N2O6S. The van der Waals surface area contributed by atoms with Crippen molar-refractivity contribution >= 4 is 75.4 Å². The van der Waals surface area contributed by atoms with Crippen LogP contribution in [0.5, 0.6) is 17.2 Å². The minimum absolute atomic E-state index is 0.118. The van der Waals surface area contributed by atoms with Gasteiger partial charge in [0.1, 0.15) is 18.9 Å². The highest BCUT2D eigenvalue weighted by Crippen LogP contribution is 2.40. The number of nitrogens with one attached hydrogen (secondary N) is 1. The average Bonchev–Trinajstić information content (AvgIpc) is 3.17. The van der Waals surface area contributed by atoms with Crippen LogP contribution in [0.4, 0.5) is 10.5 Å². The summed E-state index contributed by atoms with van der Waals surface area (Å²) in [7, 11) is 1.54. The number of methoxy groups -OCH3 is 1. The van der Waals surface area contributed by atoms with Crippen molar-refractivity contribution in [3.05, 3.63) is 85.7 Å². The second-order valence-electron chi connectivity index (χ2n) is 8.33. The number of hydrogen-bond donors (Lipinski definition) is 1. The Labute approximate surface area is 250 Å². The first kappa shape index (κ1) is 29.6. The quantitative estimate of drug-likeness (QED) is 0.237. The van der Waals surface area contributed by atoms with Gasteiger partial charge in [-0.1, -0.05) is 40.9 Å². The molecule has 0 bridgehead atoms. The van der Waals surface area contributed by atoms with Crippen molar-refractivity contribution in [2.75, 3.05) is 25.6 Å². The fourth-order valence-electron chi connectivity index (χ4n) is 3.67. The highest BCUT2D eigenvalue weighted by Gasteiger charge is 2.36. The molecule has 1 heterocycles. The second-order valence-corrected chi connectivity index (χ2v) is 10.6. The van der Waals surface area contributed by atoms with Crippen LogP contribution in [0.2, 0.25) is 15.1 Å². The van der Waals surface area contributed by atoms with Crippen LogP contribution in [0.1, 0.15) is 18.1 Å². The van der Waals surface area contributed by atoms with Crippen LogP contribution in [-0.2, 0) is 16.2 Å².